The van der Waals surface area contributed by atoms with Crippen molar-refractivity contribution in [2.45, 2.75) is 12.2 Å². The van der Waals surface area contributed by atoms with Crippen LogP contribution in [0.2, 0.25) is 0 Å². The molecule has 1 aromatic heterocycles. The lowest BCUT2D eigenvalue weighted by atomic mass is 10.3. The van der Waals surface area contributed by atoms with Gasteiger partial charge in [-0.05, 0) is 12.1 Å². The van der Waals surface area contributed by atoms with E-state index < -0.39 is 0 Å². The second-order valence-corrected chi connectivity index (χ2v) is 5.46. The lowest BCUT2D eigenvalue weighted by molar-refractivity contribution is 0.0757. The van der Waals surface area contributed by atoms with Gasteiger partial charge >= 0.3 is 0 Å². The summed E-state index contributed by atoms with van der Waals surface area (Å²) in [5, 5.41) is 0.506. The van der Waals surface area contributed by atoms with Crippen molar-refractivity contribution in [1.29, 1.82) is 0 Å². The van der Waals surface area contributed by atoms with Crippen LogP contribution in [0.1, 0.15) is 17.4 Å². The summed E-state index contributed by atoms with van der Waals surface area (Å²) in [5.41, 5.74) is 6.60. The molecule has 1 saturated heterocycles. The molecule has 1 aliphatic rings. The lowest BCUT2D eigenvalue weighted by Crippen LogP contribution is -2.41. The Kier molecular flexibility index (Phi) is 5.08. The van der Waals surface area contributed by atoms with Crippen LogP contribution in [-0.2, 0) is 0 Å². The third-order valence-corrected chi connectivity index (χ3v) is 3.67. The third-order valence-electron chi connectivity index (χ3n) is 2.53. The molecule has 1 aliphatic heterocycles. The first-order valence-electron chi connectivity index (χ1n) is 5.29. The number of anilines is 1. The van der Waals surface area contributed by atoms with Gasteiger partial charge in [0, 0.05) is 24.1 Å². The number of nitrogens with two attached hydrogens (primary N) is 1. The van der Waals surface area contributed by atoms with E-state index in [9.17, 15) is 4.79 Å². The molecule has 2 rings (SSSR count). The number of carbonyl (C=O) groups excluding carboxylic acids is 1. The normalized spacial score (nSPS) is 19.6. The van der Waals surface area contributed by atoms with Gasteiger partial charge in [0.05, 0.1) is 11.9 Å². The molecular weight excluding hydrogens is 258 g/mol. The summed E-state index contributed by atoms with van der Waals surface area (Å²) in [5.74, 6) is 1.01. The van der Waals surface area contributed by atoms with Crippen LogP contribution in [0.4, 0.5) is 5.69 Å². The molecule has 2 heterocycles. The molecule has 0 aliphatic carbocycles. The summed E-state index contributed by atoms with van der Waals surface area (Å²) >= 11 is 1.90. The van der Waals surface area contributed by atoms with Crippen molar-refractivity contribution < 1.29 is 4.79 Å². The average molecular weight is 274 g/mol. The van der Waals surface area contributed by atoms with Crippen LogP contribution in [0.5, 0.6) is 0 Å². The second-order valence-electron chi connectivity index (χ2n) is 3.91. The molecule has 94 valence electrons. The predicted molar refractivity (Wildman–Crippen MR) is 73.7 cm³/mol. The Morgan fingerprint density at radius 3 is 2.94 bits per heavy atom. The van der Waals surface area contributed by atoms with Gasteiger partial charge in [0.15, 0.2) is 0 Å². The molecule has 1 unspecified atom stereocenters. The lowest BCUT2D eigenvalue weighted by Gasteiger charge is -2.30. The van der Waals surface area contributed by atoms with Crippen LogP contribution < -0.4 is 5.73 Å². The largest absolute Gasteiger partial charge is 0.397 e. The molecule has 1 amide bonds. The smallest absolute Gasteiger partial charge is 0.272 e. The first-order chi connectivity index (χ1) is 7.66. The molecule has 17 heavy (non-hydrogen) atoms. The number of nitrogens with zero attached hydrogens (tertiary/aromatic N) is 2. The Balaban J connectivity index is 0.00000144. The van der Waals surface area contributed by atoms with E-state index in [0.717, 1.165) is 18.8 Å². The van der Waals surface area contributed by atoms with E-state index in [2.05, 4.69) is 11.9 Å². The number of rotatable bonds is 1. The number of halogens is 1. The minimum Gasteiger partial charge on any atom is -0.397 e. The monoisotopic (exact) mass is 273 g/mol. The fraction of sp³-hybridized carbons (Fsp3) is 0.455. The van der Waals surface area contributed by atoms with Crippen molar-refractivity contribution in [3.63, 3.8) is 0 Å². The van der Waals surface area contributed by atoms with Crippen molar-refractivity contribution in [3.05, 3.63) is 24.0 Å². The Morgan fingerprint density at radius 2 is 2.35 bits per heavy atom. The van der Waals surface area contributed by atoms with Crippen LogP contribution in [0.25, 0.3) is 0 Å². The maximum atomic E-state index is 12.1. The van der Waals surface area contributed by atoms with E-state index >= 15 is 0 Å². The topological polar surface area (TPSA) is 59.2 Å². The summed E-state index contributed by atoms with van der Waals surface area (Å²) in [7, 11) is 0. The molecule has 0 saturated carbocycles. The Hall–Kier alpha value is -0.940. The van der Waals surface area contributed by atoms with Crippen LogP contribution in [0.3, 0.4) is 0 Å². The highest BCUT2D eigenvalue weighted by atomic mass is 35.5. The number of hydrogen-bond acceptors (Lipinski definition) is 4. The average Bonchev–Trinajstić information content (AvgIpc) is 2.29. The number of pyridine rings is 1. The zero-order chi connectivity index (χ0) is 11.5. The maximum absolute atomic E-state index is 12.1. The van der Waals surface area contributed by atoms with Crippen molar-refractivity contribution in [2.75, 3.05) is 24.6 Å². The molecule has 2 N–H and O–H groups in total. The minimum atomic E-state index is 0. The molecule has 0 spiro atoms. The summed E-state index contributed by atoms with van der Waals surface area (Å²) in [6.45, 7) is 3.75. The van der Waals surface area contributed by atoms with Crippen molar-refractivity contribution in [1.82, 2.24) is 9.88 Å². The van der Waals surface area contributed by atoms with Gasteiger partial charge in [-0.2, -0.15) is 11.8 Å². The van der Waals surface area contributed by atoms with Gasteiger partial charge in [-0.3, -0.25) is 4.79 Å². The molecule has 6 heteroatoms. The fourth-order valence-electron chi connectivity index (χ4n) is 1.70. The van der Waals surface area contributed by atoms with Crippen LogP contribution in [0, 0.1) is 0 Å². The molecule has 1 aromatic rings. The van der Waals surface area contributed by atoms with E-state index in [4.69, 9.17) is 5.73 Å². The standard InChI is InChI=1S/C11H15N3OS.ClH/c1-8-7-14(4-5-16-8)11(15)10-3-2-9(12)6-13-10;/h2-3,6,8H,4-5,7,12H2,1H3;1H. The van der Waals surface area contributed by atoms with E-state index in [1.54, 1.807) is 12.1 Å². The van der Waals surface area contributed by atoms with Gasteiger partial charge in [-0.1, -0.05) is 6.92 Å². The van der Waals surface area contributed by atoms with E-state index in [1.165, 1.54) is 6.20 Å². The van der Waals surface area contributed by atoms with Gasteiger partial charge in [0.1, 0.15) is 5.69 Å². The number of carbonyl (C=O) groups is 1. The predicted octanol–water partition coefficient (Wildman–Crippen LogP) is 1.66. The summed E-state index contributed by atoms with van der Waals surface area (Å²) < 4.78 is 0. The number of thioether (sulfide) groups is 1. The number of hydrogen-bond donors (Lipinski definition) is 1. The third kappa shape index (κ3) is 3.51. The Bertz CT molecular complexity index is 385. The highest BCUT2D eigenvalue weighted by Gasteiger charge is 2.22. The summed E-state index contributed by atoms with van der Waals surface area (Å²) in [6.07, 6.45) is 1.52. The van der Waals surface area contributed by atoms with Crippen molar-refractivity contribution in [3.8, 4) is 0 Å². The maximum Gasteiger partial charge on any atom is 0.272 e. The highest BCUT2D eigenvalue weighted by molar-refractivity contribution is 7.99. The molecule has 0 radical (unpaired) electrons. The van der Waals surface area contributed by atoms with Crippen LogP contribution in [0.15, 0.2) is 18.3 Å². The molecule has 1 atom stereocenters. The Morgan fingerprint density at radius 1 is 1.59 bits per heavy atom. The molecule has 1 fully saturated rings. The molecule has 0 bridgehead atoms. The number of aromatic nitrogens is 1. The quantitative estimate of drug-likeness (QED) is 0.846. The molecule has 4 nitrogen and oxygen atoms in total. The van der Waals surface area contributed by atoms with Gasteiger partial charge in [-0.15, -0.1) is 12.4 Å². The zero-order valence-corrected chi connectivity index (χ0v) is 11.3. The van der Waals surface area contributed by atoms with E-state index in [1.807, 2.05) is 16.7 Å². The highest BCUT2D eigenvalue weighted by Crippen LogP contribution is 2.19. The fourth-order valence-corrected chi connectivity index (χ4v) is 2.71. The van der Waals surface area contributed by atoms with Crippen molar-refractivity contribution >= 4 is 35.8 Å². The van der Waals surface area contributed by atoms with Gasteiger partial charge in [0.25, 0.3) is 5.91 Å². The SMILES string of the molecule is CC1CN(C(=O)c2ccc(N)cn2)CCS1.Cl. The zero-order valence-electron chi connectivity index (χ0n) is 9.63. The first-order valence-corrected chi connectivity index (χ1v) is 6.34. The first kappa shape index (κ1) is 14.1. The van der Waals surface area contributed by atoms with E-state index in [0.29, 0.717) is 16.6 Å². The molecule has 0 aromatic carbocycles. The number of nitrogen functional groups attached to an aromatic ring is 1. The minimum absolute atomic E-state index is 0. The van der Waals surface area contributed by atoms with E-state index in [-0.39, 0.29) is 18.3 Å². The summed E-state index contributed by atoms with van der Waals surface area (Å²) in [4.78, 5) is 18.0. The second kappa shape index (κ2) is 6.12. The molecular formula is C11H16ClN3OS. The Labute approximate surface area is 111 Å². The van der Waals surface area contributed by atoms with Crippen molar-refractivity contribution in [2.24, 2.45) is 0 Å². The number of amides is 1. The van der Waals surface area contributed by atoms with Crippen LogP contribution >= 0.6 is 24.2 Å². The van der Waals surface area contributed by atoms with Gasteiger partial charge in [-0.25, -0.2) is 4.98 Å². The van der Waals surface area contributed by atoms with Gasteiger partial charge in [0.2, 0.25) is 0 Å². The van der Waals surface area contributed by atoms with Gasteiger partial charge < -0.3 is 10.6 Å². The van der Waals surface area contributed by atoms with Crippen LogP contribution in [-0.4, -0.2) is 39.9 Å². The summed E-state index contributed by atoms with van der Waals surface area (Å²) in [6, 6.07) is 3.40.